The van der Waals surface area contributed by atoms with Gasteiger partial charge in [0.2, 0.25) is 0 Å². The van der Waals surface area contributed by atoms with Gasteiger partial charge in [-0.2, -0.15) is 9.19 Å². The first kappa shape index (κ1) is 15.9. The molecule has 4 aromatic rings. The quantitative estimate of drug-likeness (QED) is 0.447. The molecule has 4 nitrogen and oxygen atoms in total. The van der Waals surface area contributed by atoms with Crippen molar-refractivity contribution in [3.05, 3.63) is 65.7 Å². The van der Waals surface area contributed by atoms with Crippen LogP contribution in [0.15, 0.2) is 55.0 Å². The lowest BCUT2D eigenvalue weighted by Gasteiger charge is -2.08. The molecule has 26 heavy (non-hydrogen) atoms. The number of imidazole rings is 1. The Bertz CT molecular complexity index is 1100. The molecule has 0 N–H and O–H groups in total. The zero-order valence-electron chi connectivity index (χ0n) is 13.6. The Balaban J connectivity index is 1.77. The van der Waals surface area contributed by atoms with E-state index in [0.717, 1.165) is 46.6 Å². The highest BCUT2D eigenvalue weighted by Crippen LogP contribution is 2.48. The van der Waals surface area contributed by atoms with E-state index in [1.165, 1.54) is 4.09 Å². The summed E-state index contributed by atoms with van der Waals surface area (Å²) in [6.07, 6.45) is 7.82. The van der Waals surface area contributed by atoms with Gasteiger partial charge >= 0.3 is 0 Å². The van der Waals surface area contributed by atoms with Crippen LogP contribution in [0, 0.1) is 0 Å². The van der Waals surface area contributed by atoms with Crippen LogP contribution < -0.4 is 0 Å². The maximum Gasteiger partial charge on any atom is 0.187 e. The van der Waals surface area contributed by atoms with Crippen molar-refractivity contribution in [3.8, 4) is 22.4 Å². The van der Waals surface area contributed by atoms with Crippen molar-refractivity contribution in [1.29, 1.82) is 0 Å². The van der Waals surface area contributed by atoms with Crippen LogP contribution in [0.2, 0.25) is 5.02 Å². The zero-order valence-corrected chi connectivity index (χ0v) is 15.2. The van der Waals surface area contributed by atoms with Crippen LogP contribution >= 0.6 is 23.9 Å². The molecule has 0 spiro atoms. The topological polar surface area (TPSA) is 35.1 Å². The summed E-state index contributed by atoms with van der Waals surface area (Å²) in [4.78, 5) is 4.30. The van der Waals surface area contributed by atoms with E-state index < -0.39 is 0 Å². The summed E-state index contributed by atoms with van der Waals surface area (Å²) in [6, 6.07) is 11.5. The van der Waals surface area contributed by atoms with Crippen molar-refractivity contribution in [3.63, 3.8) is 0 Å². The fourth-order valence-electron chi connectivity index (χ4n) is 3.34. The van der Waals surface area contributed by atoms with Crippen molar-refractivity contribution in [1.82, 2.24) is 18.6 Å². The molecule has 1 fully saturated rings. The largest absolute Gasteiger partial charge is 0.306 e. The predicted octanol–water partition coefficient (Wildman–Crippen LogP) is 5.78. The van der Waals surface area contributed by atoms with Crippen LogP contribution in [0.1, 0.15) is 24.5 Å². The number of benzene rings is 1. The Morgan fingerprint density at radius 1 is 1.08 bits per heavy atom. The monoisotopic (exact) mass is 384 g/mol. The summed E-state index contributed by atoms with van der Waals surface area (Å²) in [6.45, 7) is 0. The van der Waals surface area contributed by atoms with E-state index in [4.69, 9.17) is 11.6 Å². The summed E-state index contributed by atoms with van der Waals surface area (Å²) in [5.41, 5.74) is 5.50. The lowest BCUT2D eigenvalue weighted by atomic mass is 9.98. The molecule has 0 atom stereocenters. The number of aromatic nitrogens is 4. The molecular weight excluding hydrogens is 371 g/mol. The van der Waals surface area contributed by atoms with E-state index in [9.17, 15) is 3.89 Å². The number of fused-ring (bicyclic) bond motifs is 1. The standard InChI is InChI=1S/C19H14ClFN4S/c20-15-6-3-12(4-7-15)18-17(19(13-1-2-13)25(23-18)26-21)14-5-8-16-22-9-10-24(16)11-14/h3-11,13H,1-2H2. The minimum Gasteiger partial charge on any atom is -0.306 e. The third kappa shape index (κ3) is 2.61. The number of hydrogen-bond acceptors (Lipinski definition) is 3. The first-order chi connectivity index (χ1) is 12.7. The molecule has 3 aromatic heterocycles. The molecular formula is C19H14ClFN4S. The number of pyridine rings is 1. The lowest BCUT2D eigenvalue weighted by molar-refractivity contribution is 0.842. The van der Waals surface area contributed by atoms with Gasteiger partial charge < -0.3 is 4.40 Å². The second kappa shape index (κ2) is 6.14. The summed E-state index contributed by atoms with van der Waals surface area (Å²) in [5.74, 6) is 0.347. The molecule has 5 rings (SSSR count). The predicted molar refractivity (Wildman–Crippen MR) is 103 cm³/mol. The van der Waals surface area contributed by atoms with Crippen LogP contribution in [0.4, 0.5) is 3.89 Å². The number of nitrogens with zero attached hydrogens (tertiary/aromatic N) is 4. The SMILES string of the molecule is FSn1nc(-c2ccc(Cl)cc2)c(-c2ccc3nccn3c2)c1C1CC1. The first-order valence-corrected chi connectivity index (χ1v) is 9.41. The van der Waals surface area contributed by atoms with E-state index in [-0.39, 0.29) is 12.3 Å². The molecule has 0 saturated heterocycles. The van der Waals surface area contributed by atoms with E-state index in [1.54, 1.807) is 6.20 Å². The van der Waals surface area contributed by atoms with Crippen molar-refractivity contribution in [2.24, 2.45) is 0 Å². The van der Waals surface area contributed by atoms with Crippen LogP contribution in [0.5, 0.6) is 0 Å². The van der Waals surface area contributed by atoms with Crippen molar-refractivity contribution >= 4 is 29.6 Å². The first-order valence-electron chi connectivity index (χ1n) is 8.35. The normalized spacial score (nSPS) is 14.2. The number of hydrogen-bond donors (Lipinski definition) is 0. The average molecular weight is 385 g/mol. The molecule has 0 unspecified atom stereocenters. The van der Waals surface area contributed by atoms with Gasteiger partial charge in [-0.3, -0.25) is 0 Å². The van der Waals surface area contributed by atoms with E-state index in [1.807, 2.05) is 53.2 Å². The Labute approximate surface area is 159 Å². The molecule has 0 aliphatic heterocycles. The second-order valence-corrected chi connectivity index (χ2v) is 7.36. The van der Waals surface area contributed by atoms with Gasteiger partial charge in [-0.1, -0.05) is 23.7 Å². The zero-order chi connectivity index (χ0) is 17.7. The van der Waals surface area contributed by atoms with Gasteiger partial charge in [0.1, 0.15) is 11.3 Å². The van der Waals surface area contributed by atoms with Gasteiger partial charge in [-0.05, 0) is 37.1 Å². The maximum absolute atomic E-state index is 13.6. The summed E-state index contributed by atoms with van der Waals surface area (Å²) >= 11 is 6.19. The van der Waals surface area contributed by atoms with Gasteiger partial charge in [0, 0.05) is 46.2 Å². The van der Waals surface area contributed by atoms with Crippen molar-refractivity contribution in [2.45, 2.75) is 18.8 Å². The molecule has 1 aliphatic carbocycles. The Morgan fingerprint density at radius 3 is 2.58 bits per heavy atom. The van der Waals surface area contributed by atoms with E-state index >= 15 is 0 Å². The summed E-state index contributed by atoms with van der Waals surface area (Å²) in [5, 5.41) is 5.23. The van der Waals surface area contributed by atoms with Gasteiger partial charge in [-0.25, -0.2) is 4.98 Å². The van der Waals surface area contributed by atoms with Gasteiger partial charge in [-0.15, -0.1) is 3.89 Å². The van der Waals surface area contributed by atoms with Crippen molar-refractivity contribution < 1.29 is 3.89 Å². The highest BCUT2D eigenvalue weighted by Gasteiger charge is 2.34. The van der Waals surface area contributed by atoms with Crippen LogP contribution in [0.3, 0.4) is 0 Å². The van der Waals surface area contributed by atoms with Crippen LogP contribution in [-0.4, -0.2) is 18.6 Å². The Morgan fingerprint density at radius 2 is 1.85 bits per heavy atom. The molecule has 1 aliphatic rings. The highest BCUT2D eigenvalue weighted by atomic mass is 35.5. The molecule has 130 valence electrons. The van der Waals surface area contributed by atoms with Gasteiger partial charge in [0.15, 0.2) is 12.3 Å². The molecule has 1 saturated carbocycles. The minimum absolute atomic E-state index is 0.157. The molecule has 1 aromatic carbocycles. The average Bonchev–Trinajstić information content (AvgIpc) is 3.26. The lowest BCUT2D eigenvalue weighted by Crippen LogP contribution is -1.94. The molecule has 0 bridgehead atoms. The number of rotatable bonds is 4. The maximum atomic E-state index is 13.6. The molecule has 0 radical (unpaired) electrons. The fraction of sp³-hybridized carbons (Fsp3) is 0.158. The Hall–Kier alpha value is -2.31. The third-order valence-electron chi connectivity index (χ3n) is 4.71. The van der Waals surface area contributed by atoms with Crippen LogP contribution in [0.25, 0.3) is 28.0 Å². The molecule has 7 heteroatoms. The fourth-order valence-corrected chi connectivity index (χ4v) is 3.90. The molecule has 0 amide bonds. The minimum atomic E-state index is 0.157. The summed E-state index contributed by atoms with van der Waals surface area (Å²) < 4.78 is 17.0. The summed E-state index contributed by atoms with van der Waals surface area (Å²) in [7, 11) is 0. The van der Waals surface area contributed by atoms with E-state index in [0.29, 0.717) is 10.9 Å². The highest BCUT2D eigenvalue weighted by molar-refractivity contribution is 7.92. The van der Waals surface area contributed by atoms with Gasteiger partial charge in [0.25, 0.3) is 0 Å². The Kier molecular flexibility index (Phi) is 3.76. The number of halogens is 2. The van der Waals surface area contributed by atoms with E-state index in [2.05, 4.69) is 10.1 Å². The smallest absolute Gasteiger partial charge is 0.187 e. The third-order valence-corrected chi connectivity index (χ3v) is 5.38. The van der Waals surface area contributed by atoms with Crippen LogP contribution in [-0.2, 0) is 0 Å². The second-order valence-electron chi connectivity index (χ2n) is 6.44. The molecule has 3 heterocycles. The van der Waals surface area contributed by atoms with Gasteiger partial charge in [0.05, 0.1) is 5.69 Å². The van der Waals surface area contributed by atoms with Crippen molar-refractivity contribution in [2.75, 3.05) is 0 Å².